The normalized spacial score (nSPS) is 10.8. The quantitative estimate of drug-likeness (QED) is 0.208. The minimum absolute atomic E-state index is 0.0549. The molecule has 0 bridgehead atoms. The van der Waals surface area contributed by atoms with Gasteiger partial charge in [0.15, 0.2) is 11.8 Å². The number of ketones is 1. The summed E-state index contributed by atoms with van der Waals surface area (Å²) in [6.07, 6.45) is 0. The van der Waals surface area contributed by atoms with Crippen LogP contribution in [0.4, 0.5) is 5.82 Å². The molecule has 34 heavy (non-hydrogen) atoms. The van der Waals surface area contributed by atoms with Crippen LogP contribution in [0.5, 0.6) is 0 Å². The SMILES string of the molecule is CCn1c(=O)c(C(=O)COC(=O)CSc2nc(C)cc(C)n2)c(N)n(Cc2ccccc2)c1=O. The molecule has 0 fully saturated rings. The van der Waals surface area contributed by atoms with Crippen molar-refractivity contribution in [3.63, 3.8) is 0 Å². The van der Waals surface area contributed by atoms with Gasteiger partial charge in [0.25, 0.3) is 5.56 Å². The number of anilines is 1. The van der Waals surface area contributed by atoms with Crippen molar-refractivity contribution in [2.45, 2.75) is 39.0 Å². The van der Waals surface area contributed by atoms with Crippen molar-refractivity contribution in [1.82, 2.24) is 19.1 Å². The summed E-state index contributed by atoms with van der Waals surface area (Å²) in [7, 11) is 0. The molecule has 0 radical (unpaired) electrons. The smallest absolute Gasteiger partial charge is 0.332 e. The summed E-state index contributed by atoms with van der Waals surface area (Å²) < 4.78 is 7.16. The molecular formula is C23H25N5O5S. The van der Waals surface area contributed by atoms with Crippen LogP contribution < -0.4 is 17.0 Å². The summed E-state index contributed by atoms with van der Waals surface area (Å²) in [6.45, 7) is 4.71. The maximum Gasteiger partial charge on any atom is 0.332 e. The van der Waals surface area contributed by atoms with Gasteiger partial charge in [-0.3, -0.25) is 23.5 Å². The number of aryl methyl sites for hydroxylation is 2. The Bertz CT molecular complexity index is 1310. The van der Waals surface area contributed by atoms with Crippen LogP contribution in [0.3, 0.4) is 0 Å². The van der Waals surface area contributed by atoms with Gasteiger partial charge in [-0.05, 0) is 32.4 Å². The van der Waals surface area contributed by atoms with E-state index in [-0.39, 0.29) is 30.2 Å². The third kappa shape index (κ3) is 5.79. The van der Waals surface area contributed by atoms with E-state index in [4.69, 9.17) is 10.5 Å². The number of carbonyl (C=O) groups excluding carboxylic acids is 2. The average Bonchev–Trinajstić information content (AvgIpc) is 2.79. The van der Waals surface area contributed by atoms with E-state index in [2.05, 4.69) is 9.97 Å². The Morgan fingerprint density at radius 2 is 1.71 bits per heavy atom. The Morgan fingerprint density at radius 3 is 2.32 bits per heavy atom. The number of hydrogen-bond acceptors (Lipinski definition) is 9. The molecule has 0 atom stereocenters. The summed E-state index contributed by atoms with van der Waals surface area (Å²) >= 11 is 1.08. The number of hydrogen-bond donors (Lipinski definition) is 1. The van der Waals surface area contributed by atoms with Gasteiger partial charge in [-0.1, -0.05) is 42.1 Å². The van der Waals surface area contributed by atoms with Gasteiger partial charge in [0.05, 0.1) is 12.3 Å². The fraction of sp³-hybridized carbons (Fsp3) is 0.304. The zero-order valence-electron chi connectivity index (χ0n) is 19.1. The number of carbonyl (C=O) groups is 2. The van der Waals surface area contributed by atoms with Crippen LogP contribution in [0, 0.1) is 13.8 Å². The fourth-order valence-corrected chi connectivity index (χ4v) is 4.06. The Labute approximate surface area is 199 Å². The van der Waals surface area contributed by atoms with E-state index >= 15 is 0 Å². The van der Waals surface area contributed by atoms with Crippen LogP contribution >= 0.6 is 11.8 Å². The van der Waals surface area contributed by atoms with Gasteiger partial charge in [0.2, 0.25) is 5.78 Å². The number of nitrogens with two attached hydrogens (primary N) is 1. The van der Waals surface area contributed by atoms with E-state index in [1.165, 1.54) is 4.57 Å². The molecule has 0 saturated heterocycles. The van der Waals surface area contributed by atoms with Crippen LogP contribution in [-0.4, -0.2) is 43.2 Å². The Kier molecular flexibility index (Phi) is 8.00. The number of Topliss-reactive ketones (excluding diaryl/α,β-unsaturated/α-hetero) is 1. The van der Waals surface area contributed by atoms with E-state index in [9.17, 15) is 19.2 Å². The van der Waals surface area contributed by atoms with Crippen LogP contribution in [-0.2, 0) is 22.6 Å². The molecule has 0 amide bonds. The third-order valence-electron chi connectivity index (χ3n) is 4.89. The van der Waals surface area contributed by atoms with Crippen LogP contribution in [0.2, 0.25) is 0 Å². The lowest BCUT2D eigenvalue weighted by Gasteiger charge is -2.15. The minimum atomic E-state index is -0.812. The number of benzene rings is 1. The van der Waals surface area contributed by atoms with E-state index < -0.39 is 29.6 Å². The van der Waals surface area contributed by atoms with Crippen LogP contribution in [0.25, 0.3) is 0 Å². The zero-order chi connectivity index (χ0) is 24.8. The average molecular weight is 484 g/mol. The van der Waals surface area contributed by atoms with Crippen molar-refractivity contribution in [3.05, 3.63) is 79.8 Å². The van der Waals surface area contributed by atoms with Crippen molar-refractivity contribution < 1.29 is 14.3 Å². The number of nitrogen functional groups attached to an aromatic ring is 1. The molecule has 0 spiro atoms. The second-order valence-electron chi connectivity index (χ2n) is 7.47. The first-order valence-electron chi connectivity index (χ1n) is 10.5. The Morgan fingerprint density at radius 1 is 1.06 bits per heavy atom. The fourth-order valence-electron chi connectivity index (χ4n) is 3.32. The van der Waals surface area contributed by atoms with Gasteiger partial charge in [-0.2, -0.15) is 0 Å². The van der Waals surface area contributed by atoms with Crippen LogP contribution in [0.15, 0.2) is 51.1 Å². The summed E-state index contributed by atoms with van der Waals surface area (Å²) in [5, 5.41) is 0.420. The Hall–Kier alpha value is -3.73. The minimum Gasteiger partial charge on any atom is -0.457 e. The summed E-state index contributed by atoms with van der Waals surface area (Å²) in [5.74, 6) is -1.83. The molecular weight excluding hydrogens is 458 g/mol. The Balaban J connectivity index is 1.77. The lowest BCUT2D eigenvalue weighted by molar-refractivity contribution is -0.139. The molecule has 11 heteroatoms. The zero-order valence-corrected chi connectivity index (χ0v) is 19.9. The number of rotatable bonds is 9. The molecule has 0 saturated carbocycles. The van der Waals surface area contributed by atoms with Crippen molar-refractivity contribution in [2.24, 2.45) is 0 Å². The molecule has 2 aromatic heterocycles. The first-order valence-corrected chi connectivity index (χ1v) is 11.5. The molecule has 2 N–H and O–H groups in total. The highest BCUT2D eigenvalue weighted by molar-refractivity contribution is 7.99. The molecule has 0 aliphatic rings. The second-order valence-corrected chi connectivity index (χ2v) is 8.41. The summed E-state index contributed by atoms with van der Waals surface area (Å²) in [5.41, 5.74) is 6.60. The highest BCUT2D eigenvalue weighted by Crippen LogP contribution is 2.15. The van der Waals surface area contributed by atoms with Gasteiger partial charge < -0.3 is 10.5 Å². The number of esters is 1. The number of ether oxygens (including phenoxy) is 1. The molecule has 0 unspecified atom stereocenters. The summed E-state index contributed by atoms with van der Waals surface area (Å²) in [4.78, 5) is 59.0. The first kappa shape index (κ1) is 24.9. The van der Waals surface area contributed by atoms with E-state index in [0.29, 0.717) is 5.16 Å². The van der Waals surface area contributed by atoms with Crippen molar-refractivity contribution in [1.29, 1.82) is 0 Å². The number of thioether (sulfide) groups is 1. The lowest BCUT2D eigenvalue weighted by atomic mass is 10.2. The maximum atomic E-state index is 12.8. The van der Waals surface area contributed by atoms with Gasteiger partial charge in [0, 0.05) is 17.9 Å². The molecule has 0 aliphatic carbocycles. The lowest BCUT2D eigenvalue weighted by Crippen LogP contribution is -2.44. The monoisotopic (exact) mass is 483 g/mol. The predicted molar refractivity (Wildman–Crippen MR) is 128 cm³/mol. The summed E-state index contributed by atoms with van der Waals surface area (Å²) in [6, 6.07) is 10.8. The van der Waals surface area contributed by atoms with E-state index in [1.807, 2.05) is 26.0 Å². The molecule has 3 rings (SSSR count). The van der Waals surface area contributed by atoms with E-state index in [0.717, 1.165) is 33.3 Å². The standard InChI is InChI=1S/C23H25N5O5S/c1-4-27-21(31)19(20(24)28(23(27)32)11-16-8-6-5-7-9-16)17(29)12-33-18(30)13-34-22-25-14(2)10-15(3)26-22/h5-10H,4,11-13,24H2,1-3H3. The van der Waals surface area contributed by atoms with Gasteiger partial charge >= 0.3 is 11.7 Å². The van der Waals surface area contributed by atoms with Crippen molar-refractivity contribution in [2.75, 3.05) is 18.1 Å². The largest absolute Gasteiger partial charge is 0.457 e. The van der Waals surface area contributed by atoms with Gasteiger partial charge in [0.1, 0.15) is 11.4 Å². The number of nitrogens with zero attached hydrogens (tertiary/aromatic N) is 4. The van der Waals surface area contributed by atoms with Gasteiger partial charge in [-0.25, -0.2) is 14.8 Å². The molecule has 178 valence electrons. The predicted octanol–water partition coefficient (Wildman–Crippen LogP) is 1.59. The van der Waals surface area contributed by atoms with E-state index in [1.54, 1.807) is 31.2 Å². The molecule has 0 aliphatic heterocycles. The second kappa shape index (κ2) is 10.9. The molecule has 10 nitrogen and oxygen atoms in total. The third-order valence-corrected chi connectivity index (χ3v) is 5.71. The highest BCUT2D eigenvalue weighted by Gasteiger charge is 2.23. The van der Waals surface area contributed by atoms with Crippen LogP contribution in [0.1, 0.15) is 34.2 Å². The van der Waals surface area contributed by atoms with Crippen molar-refractivity contribution >= 4 is 29.3 Å². The topological polar surface area (TPSA) is 139 Å². The molecule has 1 aromatic carbocycles. The molecule has 3 aromatic rings. The van der Waals surface area contributed by atoms with Crippen molar-refractivity contribution in [3.8, 4) is 0 Å². The number of aromatic nitrogens is 4. The maximum absolute atomic E-state index is 12.8. The molecule has 2 heterocycles. The van der Waals surface area contributed by atoms with Gasteiger partial charge in [-0.15, -0.1) is 0 Å². The first-order chi connectivity index (χ1) is 16.2. The highest BCUT2D eigenvalue weighted by atomic mass is 32.2.